The van der Waals surface area contributed by atoms with Crippen LogP contribution in [0.1, 0.15) is 84.0 Å². The first kappa shape index (κ1) is 19.2. The molecule has 0 saturated heterocycles. The van der Waals surface area contributed by atoms with Crippen molar-refractivity contribution >= 4 is 5.97 Å². The number of aliphatic hydroxyl groups excluding tert-OH is 1. The molecule has 0 saturated carbocycles. The molecule has 0 spiro atoms. The average molecular weight is 284 g/mol. The quantitative estimate of drug-likeness (QED) is 0.359. The third kappa shape index (κ3) is 15.2. The fourth-order valence-electron chi connectivity index (χ4n) is 2.22. The number of carboxylic acids is 1. The third-order valence-corrected chi connectivity index (χ3v) is 3.46. The van der Waals surface area contributed by atoms with Crippen molar-refractivity contribution in [1.29, 1.82) is 0 Å². The van der Waals surface area contributed by atoms with Crippen molar-refractivity contribution in [2.45, 2.75) is 90.1 Å². The molecule has 3 heteroatoms. The molecule has 0 amide bonds. The molecular weight excluding hydrogens is 252 g/mol. The SMILES string of the molecule is CCCCCCCC/C=C\CCCCC(O)CC(=O)O. The molecule has 20 heavy (non-hydrogen) atoms. The second-order valence-electron chi connectivity index (χ2n) is 5.56. The number of unbranched alkanes of at least 4 members (excludes halogenated alkanes) is 8. The number of aliphatic carboxylic acids is 1. The molecule has 0 aromatic heterocycles. The number of carbonyl (C=O) groups is 1. The van der Waals surface area contributed by atoms with Crippen LogP contribution in [-0.2, 0) is 4.79 Å². The molecule has 0 aliphatic carbocycles. The molecule has 0 heterocycles. The standard InChI is InChI=1S/C17H32O3/c1-2-3-4-5-6-7-8-9-10-11-12-13-14-16(18)15-17(19)20/h9-10,16,18H,2-8,11-15H2,1H3,(H,19,20)/b10-9-. The van der Waals surface area contributed by atoms with Gasteiger partial charge in [-0.3, -0.25) is 4.79 Å². The van der Waals surface area contributed by atoms with Gasteiger partial charge in [0.05, 0.1) is 12.5 Å². The maximum absolute atomic E-state index is 10.4. The minimum atomic E-state index is -0.920. The molecule has 0 radical (unpaired) electrons. The van der Waals surface area contributed by atoms with Crippen LogP contribution in [0.15, 0.2) is 12.2 Å². The molecule has 118 valence electrons. The zero-order valence-electron chi connectivity index (χ0n) is 13.0. The first-order chi connectivity index (χ1) is 9.66. The van der Waals surface area contributed by atoms with E-state index in [1.807, 2.05) is 0 Å². The second-order valence-corrected chi connectivity index (χ2v) is 5.56. The minimum absolute atomic E-state index is 0.131. The molecule has 0 fully saturated rings. The average Bonchev–Trinajstić information content (AvgIpc) is 2.39. The molecule has 0 aliphatic rings. The fourth-order valence-corrected chi connectivity index (χ4v) is 2.22. The van der Waals surface area contributed by atoms with Crippen molar-refractivity contribution < 1.29 is 15.0 Å². The van der Waals surface area contributed by atoms with Gasteiger partial charge in [-0.2, -0.15) is 0 Å². The van der Waals surface area contributed by atoms with Crippen LogP contribution in [0.25, 0.3) is 0 Å². The maximum Gasteiger partial charge on any atom is 0.305 e. The van der Waals surface area contributed by atoms with Crippen molar-refractivity contribution in [3.05, 3.63) is 12.2 Å². The monoisotopic (exact) mass is 284 g/mol. The summed E-state index contributed by atoms with van der Waals surface area (Å²) in [6, 6.07) is 0. The van der Waals surface area contributed by atoms with Gasteiger partial charge < -0.3 is 10.2 Å². The van der Waals surface area contributed by atoms with Crippen molar-refractivity contribution in [2.75, 3.05) is 0 Å². The van der Waals surface area contributed by atoms with E-state index in [1.165, 1.54) is 44.9 Å². The van der Waals surface area contributed by atoms with Crippen molar-refractivity contribution in [1.82, 2.24) is 0 Å². The van der Waals surface area contributed by atoms with E-state index in [2.05, 4.69) is 19.1 Å². The minimum Gasteiger partial charge on any atom is -0.481 e. The van der Waals surface area contributed by atoms with E-state index in [4.69, 9.17) is 5.11 Å². The molecule has 0 rings (SSSR count). The molecule has 0 aromatic rings. The Morgan fingerprint density at radius 1 is 0.950 bits per heavy atom. The van der Waals surface area contributed by atoms with Crippen molar-refractivity contribution in [3.8, 4) is 0 Å². The lowest BCUT2D eigenvalue weighted by Gasteiger charge is -2.06. The van der Waals surface area contributed by atoms with Gasteiger partial charge in [0.1, 0.15) is 0 Å². The highest BCUT2D eigenvalue weighted by atomic mass is 16.4. The first-order valence-corrected chi connectivity index (χ1v) is 8.21. The Kier molecular flexibility index (Phi) is 14.0. The molecule has 2 N–H and O–H groups in total. The summed E-state index contributed by atoms with van der Waals surface area (Å²) in [5, 5.41) is 17.9. The number of rotatable bonds is 14. The summed E-state index contributed by atoms with van der Waals surface area (Å²) in [6.45, 7) is 2.24. The topological polar surface area (TPSA) is 57.5 Å². The van der Waals surface area contributed by atoms with Gasteiger partial charge in [-0.05, 0) is 32.1 Å². The number of hydrogen-bond acceptors (Lipinski definition) is 2. The van der Waals surface area contributed by atoms with E-state index in [9.17, 15) is 9.90 Å². The van der Waals surface area contributed by atoms with Crippen LogP contribution < -0.4 is 0 Å². The van der Waals surface area contributed by atoms with Crippen LogP contribution in [0, 0.1) is 0 Å². The fraction of sp³-hybridized carbons (Fsp3) is 0.824. The van der Waals surface area contributed by atoms with Crippen LogP contribution >= 0.6 is 0 Å². The number of aliphatic hydroxyl groups is 1. The summed E-state index contributed by atoms with van der Waals surface area (Å²) < 4.78 is 0. The molecule has 0 bridgehead atoms. The zero-order chi connectivity index (χ0) is 15.1. The van der Waals surface area contributed by atoms with Crippen LogP contribution in [0.3, 0.4) is 0 Å². The van der Waals surface area contributed by atoms with Gasteiger partial charge in [0.25, 0.3) is 0 Å². The molecule has 0 aromatic carbocycles. The van der Waals surface area contributed by atoms with Gasteiger partial charge in [0.15, 0.2) is 0 Å². The number of carboxylic acid groups (broad SMARTS) is 1. The number of allylic oxidation sites excluding steroid dienone is 2. The van der Waals surface area contributed by atoms with Crippen LogP contribution in [0.2, 0.25) is 0 Å². The van der Waals surface area contributed by atoms with Gasteiger partial charge in [-0.25, -0.2) is 0 Å². The van der Waals surface area contributed by atoms with Gasteiger partial charge in [0.2, 0.25) is 0 Å². The highest BCUT2D eigenvalue weighted by Gasteiger charge is 2.07. The van der Waals surface area contributed by atoms with Crippen molar-refractivity contribution in [2.24, 2.45) is 0 Å². The first-order valence-electron chi connectivity index (χ1n) is 8.21. The number of hydrogen-bond donors (Lipinski definition) is 2. The Morgan fingerprint density at radius 2 is 1.50 bits per heavy atom. The van der Waals surface area contributed by atoms with Gasteiger partial charge in [0, 0.05) is 0 Å². The zero-order valence-corrected chi connectivity index (χ0v) is 13.0. The predicted octanol–water partition coefficient (Wildman–Crippen LogP) is 4.69. The summed E-state index contributed by atoms with van der Waals surface area (Å²) in [5.74, 6) is -0.920. The van der Waals surface area contributed by atoms with E-state index < -0.39 is 12.1 Å². The summed E-state index contributed by atoms with van der Waals surface area (Å²) in [7, 11) is 0. The Hall–Kier alpha value is -0.830. The largest absolute Gasteiger partial charge is 0.481 e. The normalized spacial score (nSPS) is 12.9. The lowest BCUT2D eigenvalue weighted by atomic mass is 10.1. The highest BCUT2D eigenvalue weighted by Crippen LogP contribution is 2.09. The third-order valence-electron chi connectivity index (χ3n) is 3.46. The summed E-state index contributed by atoms with van der Waals surface area (Å²) >= 11 is 0. The van der Waals surface area contributed by atoms with Gasteiger partial charge >= 0.3 is 5.97 Å². The van der Waals surface area contributed by atoms with Crippen molar-refractivity contribution in [3.63, 3.8) is 0 Å². The second kappa shape index (κ2) is 14.6. The van der Waals surface area contributed by atoms with Crippen LogP contribution in [-0.4, -0.2) is 22.3 Å². The van der Waals surface area contributed by atoms with E-state index in [0.29, 0.717) is 6.42 Å². The summed E-state index contributed by atoms with van der Waals surface area (Å²) in [6.07, 6.45) is 16.4. The Labute approximate surface area is 124 Å². The molecule has 1 atom stereocenters. The Morgan fingerprint density at radius 3 is 2.10 bits per heavy atom. The maximum atomic E-state index is 10.4. The van der Waals surface area contributed by atoms with Gasteiger partial charge in [-0.1, -0.05) is 57.6 Å². The van der Waals surface area contributed by atoms with E-state index in [1.54, 1.807) is 0 Å². The predicted molar refractivity (Wildman–Crippen MR) is 83.9 cm³/mol. The highest BCUT2D eigenvalue weighted by molar-refractivity contribution is 5.67. The van der Waals surface area contributed by atoms with Gasteiger partial charge in [-0.15, -0.1) is 0 Å². The van der Waals surface area contributed by atoms with E-state index in [0.717, 1.165) is 19.3 Å². The summed E-state index contributed by atoms with van der Waals surface area (Å²) in [5.41, 5.74) is 0. The van der Waals surface area contributed by atoms with E-state index >= 15 is 0 Å². The molecule has 0 aliphatic heterocycles. The van der Waals surface area contributed by atoms with Crippen LogP contribution in [0.5, 0.6) is 0 Å². The van der Waals surface area contributed by atoms with E-state index in [-0.39, 0.29) is 6.42 Å². The lowest BCUT2D eigenvalue weighted by Crippen LogP contribution is -2.12. The molecular formula is C17H32O3. The smallest absolute Gasteiger partial charge is 0.305 e. The molecule has 1 unspecified atom stereocenters. The Bertz CT molecular complexity index is 249. The molecule has 3 nitrogen and oxygen atoms in total. The Balaban J connectivity index is 3.21. The lowest BCUT2D eigenvalue weighted by molar-refractivity contribution is -0.139. The van der Waals surface area contributed by atoms with Crippen LogP contribution in [0.4, 0.5) is 0 Å². The summed E-state index contributed by atoms with van der Waals surface area (Å²) in [4.78, 5) is 10.4.